The Hall–Kier alpha value is -2.72. The summed E-state index contributed by atoms with van der Waals surface area (Å²) in [4.78, 5) is 25.1. The topological polar surface area (TPSA) is 130 Å². The first-order valence-electron chi connectivity index (χ1n) is 6.83. The van der Waals surface area contributed by atoms with Crippen molar-refractivity contribution >= 4 is 27.5 Å². The maximum atomic E-state index is 12.1. The van der Waals surface area contributed by atoms with E-state index in [1.807, 2.05) is 17.2 Å². The quantitative estimate of drug-likeness (QED) is 0.544. The summed E-state index contributed by atoms with van der Waals surface area (Å²) in [5.74, 6) is -2.11. The zero-order chi connectivity index (χ0) is 17.9. The van der Waals surface area contributed by atoms with Gasteiger partial charge in [0.2, 0.25) is 0 Å². The van der Waals surface area contributed by atoms with Crippen molar-refractivity contribution in [1.29, 1.82) is 0 Å². The molecule has 1 aromatic carbocycles. The highest BCUT2D eigenvalue weighted by Gasteiger charge is 2.25. The molecule has 10 heteroatoms. The highest BCUT2D eigenvalue weighted by atomic mass is 32.2. The van der Waals surface area contributed by atoms with Crippen molar-refractivity contribution in [1.82, 2.24) is 15.4 Å². The Balaban J connectivity index is 1.99. The van der Waals surface area contributed by atoms with Gasteiger partial charge < -0.3 is 9.84 Å². The van der Waals surface area contributed by atoms with Crippen LogP contribution >= 0.6 is 0 Å². The third-order valence-corrected chi connectivity index (χ3v) is 4.54. The second-order valence-corrected chi connectivity index (χ2v) is 6.65. The Bertz CT molecular complexity index is 852. The van der Waals surface area contributed by atoms with Gasteiger partial charge in [-0.15, -0.1) is 4.83 Å². The van der Waals surface area contributed by atoms with E-state index in [4.69, 9.17) is 4.52 Å². The second-order valence-electron chi connectivity index (χ2n) is 5.03. The number of amides is 2. The fourth-order valence-corrected chi connectivity index (χ4v) is 3.08. The molecule has 2 rings (SSSR count). The lowest BCUT2D eigenvalue weighted by atomic mass is 10.2. The first-order chi connectivity index (χ1) is 11.2. The predicted molar refractivity (Wildman–Crippen MR) is 84.2 cm³/mol. The predicted octanol–water partition coefficient (Wildman–Crippen LogP) is 0.548. The van der Waals surface area contributed by atoms with Gasteiger partial charge in [-0.05, 0) is 32.9 Å². The number of hydrogen-bond donors (Lipinski definition) is 3. The highest BCUT2D eigenvalue weighted by molar-refractivity contribution is 7.89. The summed E-state index contributed by atoms with van der Waals surface area (Å²) in [5.41, 5.74) is 3.38. The largest absolute Gasteiger partial charge is 0.360 e. The Kier molecular flexibility index (Phi) is 5.00. The van der Waals surface area contributed by atoms with Crippen LogP contribution in [0.4, 0.5) is 5.69 Å². The normalized spacial score (nSPS) is 11.1. The van der Waals surface area contributed by atoms with E-state index in [0.717, 1.165) is 5.56 Å². The van der Waals surface area contributed by atoms with Crippen molar-refractivity contribution in [3.8, 4) is 0 Å². The third-order valence-electron chi connectivity index (χ3n) is 3.05. The van der Waals surface area contributed by atoms with E-state index in [2.05, 4.69) is 10.5 Å². The number of hydrogen-bond acceptors (Lipinski definition) is 6. The number of sulfonamides is 1. The van der Waals surface area contributed by atoms with Crippen molar-refractivity contribution in [2.75, 3.05) is 5.32 Å². The third kappa shape index (κ3) is 3.97. The van der Waals surface area contributed by atoms with E-state index in [0.29, 0.717) is 5.69 Å². The Morgan fingerprint density at radius 1 is 1.04 bits per heavy atom. The smallest absolute Gasteiger partial charge is 0.324 e. The van der Waals surface area contributed by atoms with Crippen LogP contribution in [0.3, 0.4) is 0 Å². The standard InChI is InChI=1S/C14H16N4O5S/c1-8-4-6-11(7-5-8)15-13(19)14(20)16-18-24(21,22)12-9(2)17-23-10(12)3/h4-7,18H,1-3H3,(H,15,19)(H,16,20). The fraction of sp³-hybridized carbons (Fsp3) is 0.214. The summed E-state index contributed by atoms with van der Waals surface area (Å²) >= 11 is 0. The van der Waals surface area contributed by atoms with Crippen molar-refractivity contribution in [2.45, 2.75) is 25.7 Å². The molecule has 24 heavy (non-hydrogen) atoms. The molecule has 3 N–H and O–H groups in total. The molecule has 0 radical (unpaired) electrons. The summed E-state index contributed by atoms with van der Waals surface area (Å²) in [6.45, 7) is 4.74. The number of aryl methyl sites for hydroxylation is 3. The minimum Gasteiger partial charge on any atom is -0.360 e. The molecule has 9 nitrogen and oxygen atoms in total. The molecule has 0 saturated heterocycles. The van der Waals surface area contributed by atoms with Crippen LogP contribution in [0.2, 0.25) is 0 Å². The average Bonchev–Trinajstić information content (AvgIpc) is 2.86. The van der Waals surface area contributed by atoms with E-state index in [-0.39, 0.29) is 16.3 Å². The molecule has 1 aromatic heterocycles. The Morgan fingerprint density at radius 3 is 2.21 bits per heavy atom. The maximum absolute atomic E-state index is 12.1. The lowest BCUT2D eigenvalue weighted by Gasteiger charge is -2.08. The van der Waals surface area contributed by atoms with E-state index < -0.39 is 21.8 Å². The Morgan fingerprint density at radius 2 is 1.67 bits per heavy atom. The van der Waals surface area contributed by atoms with E-state index in [1.54, 1.807) is 24.3 Å². The van der Waals surface area contributed by atoms with Gasteiger partial charge in [0.1, 0.15) is 10.6 Å². The monoisotopic (exact) mass is 352 g/mol. The molecule has 0 atom stereocenters. The fourth-order valence-electron chi connectivity index (χ4n) is 1.90. The first-order valence-corrected chi connectivity index (χ1v) is 8.31. The van der Waals surface area contributed by atoms with Gasteiger partial charge in [-0.3, -0.25) is 15.0 Å². The van der Waals surface area contributed by atoms with Crippen LogP contribution in [-0.2, 0) is 19.6 Å². The zero-order valence-corrected chi connectivity index (χ0v) is 14.0. The van der Waals surface area contributed by atoms with Crippen LogP contribution in [0.15, 0.2) is 33.7 Å². The molecule has 1 heterocycles. The van der Waals surface area contributed by atoms with Crippen LogP contribution in [0.1, 0.15) is 17.0 Å². The van der Waals surface area contributed by atoms with Gasteiger partial charge in [-0.1, -0.05) is 22.9 Å². The van der Waals surface area contributed by atoms with E-state index in [9.17, 15) is 18.0 Å². The molecule has 0 bridgehead atoms. The van der Waals surface area contributed by atoms with Gasteiger partial charge in [0, 0.05) is 5.69 Å². The van der Waals surface area contributed by atoms with Crippen molar-refractivity contribution in [2.24, 2.45) is 0 Å². The number of nitrogens with zero attached hydrogens (tertiary/aromatic N) is 1. The number of aromatic nitrogens is 1. The summed E-state index contributed by atoms with van der Waals surface area (Å²) in [7, 11) is -4.10. The van der Waals surface area contributed by atoms with Crippen LogP contribution in [0.5, 0.6) is 0 Å². The van der Waals surface area contributed by atoms with E-state index >= 15 is 0 Å². The first kappa shape index (κ1) is 17.6. The Labute approximate surface area is 138 Å². The molecule has 0 aliphatic carbocycles. The van der Waals surface area contributed by atoms with E-state index in [1.165, 1.54) is 13.8 Å². The van der Waals surface area contributed by atoms with Gasteiger partial charge in [0.25, 0.3) is 10.0 Å². The summed E-state index contributed by atoms with van der Waals surface area (Å²) in [6, 6.07) is 6.75. The minimum atomic E-state index is -4.10. The highest BCUT2D eigenvalue weighted by Crippen LogP contribution is 2.17. The number of benzene rings is 1. The number of hydrazine groups is 1. The molecule has 0 unspecified atom stereocenters. The maximum Gasteiger partial charge on any atom is 0.324 e. The molecule has 0 aliphatic rings. The zero-order valence-electron chi connectivity index (χ0n) is 13.2. The summed E-state index contributed by atoms with van der Waals surface area (Å²) in [6.07, 6.45) is 0. The molecule has 2 amide bonds. The van der Waals surface area contributed by atoms with Gasteiger partial charge in [-0.2, -0.15) is 0 Å². The van der Waals surface area contributed by atoms with Crippen LogP contribution < -0.4 is 15.6 Å². The average molecular weight is 352 g/mol. The van der Waals surface area contributed by atoms with Crippen molar-refractivity contribution in [3.63, 3.8) is 0 Å². The van der Waals surface area contributed by atoms with Gasteiger partial charge in [0.05, 0.1) is 0 Å². The number of carbonyl (C=O) groups is 2. The molecule has 0 fully saturated rings. The number of nitrogens with one attached hydrogen (secondary N) is 3. The summed E-state index contributed by atoms with van der Waals surface area (Å²) < 4.78 is 29.0. The molecular weight excluding hydrogens is 336 g/mol. The second kappa shape index (κ2) is 6.81. The van der Waals surface area contributed by atoms with Crippen LogP contribution in [0.25, 0.3) is 0 Å². The molecule has 0 aliphatic heterocycles. The van der Waals surface area contributed by atoms with Gasteiger partial charge in [0.15, 0.2) is 5.76 Å². The summed E-state index contributed by atoms with van der Waals surface area (Å²) in [5, 5.41) is 5.87. The van der Waals surface area contributed by atoms with Crippen molar-refractivity contribution < 1.29 is 22.5 Å². The molecule has 0 saturated carbocycles. The minimum absolute atomic E-state index is 0.0679. The van der Waals surface area contributed by atoms with Gasteiger partial charge >= 0.3 is 11.8 Å². The molecule has 0 spiro atoms. The lowest BCUT2D eigenvalue weighted by molar-refractivity contribution is -0.136. The number of rotatable bonds is 4. The van der Waals surface area contributed by atoms with Crippen LogP contribution in [0, 0.1) is 20.8 Å². The SMILES string of the molecule is Cc1ccc(NC(=O)C(=O)NNS(=O)(=O)c2c(C)noc2C)cc1. The van der Waals surface area contributed by atoms with Crippen LogP contribution in [-0.4, -0.2) is 25.4 Å². The lowest BCUT2D eigenvalue weighted by Crippen LogP contribution is -2.46. The molecule has 2 aromatic rings. The molecule has 128 valence electrons. The van der Waals surface area contributed by atoms with Gasteiger partial charge in [-0.25, -0.2) is 8.42 Å². The number of anilines is 1. The van der Waals surface area contributed by atoms with Crippen molar-refractivity contribution in [3.05, 3.63) is 41.3 Å². The number of carbonyl (C=O) groups excluding carboxylic acids is 2. The molecular formula is C14H16N4O5S.